The molecule has 1 unspecified atom stereocenters. The molecule has 0 radical (unpaired) electrons. The molecule has 0 saturated heterocycles. The van der Waals surface area contributed by atoms with Crippen LogP contribution in [0.5, 0.6) is 0 Å². The van der Waals surface area contributed by atoms with Gasteiger partial charge in [0.2, 0.25) is 0 Å². The third kappa shape index (κ3) is 1.41. The summed E-state index contributed by atoms with van der Waals surface area (Å²) in [4.78, 5) is 13.8. The molecule has 0 bridgehead atoms. The Morgan fingerprint density at radius 1 is 1.69 bits per heavy atom. The number of aldehydes is 1. The van der Waals surface area contributed by atoms with E-state index in [4.69, 9.17) is 0 Å². The standard InChI is InChI=1S/C11H15NO/c1-2-8-4-3-5-11-10(8)6-9(7-13)12-11/h6-8,12H,2-5H2,1H3. The Morgan fingerprint density at radius 2 is 2.54 bits per heavy atom. The van der Waals surface area contributed by atoms with E-state index in [9.17, 15) is 4.79 Å². The number of aryl methyl sites for hydroxylation is 1. The van der Waals surface area contributed by atoms with Gasteiger partial charge in [-0.3, -0.25) is 4.79 Å². The van der Waals surface area contributed by atoms with Crippen LogP contribution in [0.1, 0.15) is 53.8 Å². The quantitative estimate of drug-likeness (QED) is 0.692. The molecule has 0 spiro atoms. The van der Waals surface area contributed by atoms with Crippen molar-refractivity contribution in [1.29, 1.82) is 0 Å². The lowest BCUT2D eigenvalue weighted by Gasteiger charge is -2.20. The molecule has 1 heterocycles. The minimum absolute atomic E-state index is 0.675. The van der Waals surface area contributed by atoms with Gasteiger partial charge in [-0.05, 0) is 43.2 Å². The fourth-order valence-electron chi connectivity index (χ4n) is 2.28. The van der Waals surface area contributed by atoms with E-state index in [1.807, 2.05) is 6.07 Å². The predicted octanol–water partition coefficient (Wildman–Crippen LogP) is 2.66. The number of hydrogen-bond donors (Lipinski definition) is 1. The highest BCUT2D eigenvalue weighted by Crippen LogP contribution is 2.33. The molecule has 1 atom stereocenters. The molecule has 2 nitrogen and oxygen atoms in total. The lowest BCUT2D eigenvalue weighted by atomic mass is 9.85. The number of carbonyl (C=O) groups excluding carboxylic acids is 1. The molecule has 1 aromatic rings. The first kappa shape index (κ1) is 8.54. The molecule has 0 fully saturated rings. The van der Waals surface area contributed by atoms with Gasteiger partial charge in [0.25, 0.3) is 0 Å². The van der Waals surface area contributed by atoms with Gasteiger partial charge in [-0.2, -0.15) is 0 Å². The molecule has 2 heteroatoms. The highest BCUT2D eigenvalue weighted by molar-refractivity contribution is 5.73. The number of aromatic amines is 1. The average Bonchev–Trinajstić information content (AvgIpc) is 2.59. The first-order valence-corrected chi connectivity index (χ1v) is 5.02. The monoisotopic (exact) mass is 177 g/mol. The summed E-state index contributed by atoms with van der Waals surface area (Å²) in [6, 6.07) is 2.02. The fourth-order valence-corrected chi connectivity index (χ4v) is 2.28. The summed E-state index contributed by atoms with van der Waals surface area (Å²) in [6.45, 7) is 2.22. The smallest absolute Gasteiger partial charge is 0.166 e. The molecule has 1 aliphatic carbocycles. The second-order valence-corrected chi connectivity index (χ2v) is 3.77. The number of H-pyrrole nitrogens is 1. The van der Waals surface area contributed by atoms with Crippen molar-refractivity contribution in [2.24, 2.45) is 0 Å². The van der Waals surface area contributed by atoms with Crippen LogP contribution < -0.4 is 0 Å². The van der Waals surface area contributed by atoms with E-state index in [2.05, 4.69) is 11.9 Å². The molecule has 1 aromatic heterocycles. The van der Waals surface area contributed by atoms with Crippen LogP contribution in [0, 0.1) is 0 Å². The topological polar surface area (TPSA) is 32.9 Å². The highest BCUT2D eigenvalue weighted by atomic mass is 16.1. The number of carbonyl (C=O) groups is 1. The van der Waals surface area contributed by atoms with Crippen molar-refractivity contribution < 1.29 is 4.79 Å². The van der Waals surface area contributed by atoms with Gasteiger partial charge in [-0.15, -0.1) is 0 Å². The number of aromatic nitrogens is 1. The summed E-state index contributed by atoms with van der Waals surface area (Å²) in [7, 11) is 0. The van der Waals surface area contributed by atoms with Crippen molar-refractivity contribution in [2.75, 3.05) is 0 Å². The molecule has 2 rings (SSSR count). The molecule has 1 aliphatic rings. The van der Waals surface area contributed by atoms with Gasteiger partial charge in [0.15, 0.2) is 6.29 Å². The zero-order valence-corrected chi connectivity index (χ0v) is 7.97. The summed E-state index contributed by atoms with van der Waals surface area (Å²) in [5.41, 5.74) is 3.42. The zero-order valence-electron chi connectivity index (χ0n) is 7.97. The Hall–Kier alpha value is -1.05. The summed E-state index contributed by atoms with van der Waals surface area (Å²) in [5.74, 6) is 0.675. The van der Waals surface area contributed by atoms with Crippen LogP contribution in [-0.4, -0.2) is 11.3 Å². The second-order valence-electron chi connectivity index (χ2n) is 3.77. The second kappa shape index (κ2) is 3.36. The van der Waals surface area contributed by atoms with E-state index < -0.39 is 0 Å². The molecular formula is C11H15NO. The maximum Gasteiger partial charge on any atom is 0.166 e. The van der Waals surface area contributed by atoms with Crippen LogP contribution in [0.4, 0.5) is 0 Å². The maximum atomic E-state index is 10.6. The van der Waals surface area contributed by atoms with Gasteiger partial charge >= 0.3 is 0 Å². The van der Waals surface area contributed by atoms with Crippen molar-refractivity contribution in [3.63, 3.8) is 0 Å². The molecule has 0 saturated carbocycles. The van der Waals surface area contributed by atoms with E-state index >= 15 is 0 Å². The Balaban J connectivity index is 2.37. The number of fused-ring (bicyclic) bond motifs is 1. The lowest BCUT2D eigenvalue weighted by Crippen LogP contribution is -2.06. The molecule has 13 heavy (non-hydrogen) atoms. The third-order valence-electron chi connectivity index (χ3n) is 2.99. The van der Waals surface area contributed by atoms with Crippen LogP contribution in [-0.2, 0) is 6.42 Å². The Labute approximate surface area is 78.4 Å². The molecule has 1 N–H and O–H groups in total. The van der Waals surface area contributed by atoms with Crippen LogP contribution >= 0.6 is 0 Å². The van der Waals surface area contributed by atoms with Gasteiger partial charge in [0.05, 0.1) is 5.69 Å². The first-order valence-electron chi connectivity index (χ1n) is 5.02. The Morgan fingerprint density at radius 3 is 3.23 bits per heavy atom. The third-order valence-corrected chi connectivity index (χ3v) is 2.99. The average molecular weight is 177 g/mol. The van der Waals surface area contributed by atoms with Crippen molar-refractivity contribution in [3.8, 4) is 0 Å². The maximum absolute atomic E-state index is 10.6. The van der Waals surface area contributed by atoms with Crippen molar-refractivity contribution in [2.45, 2.75) is 38.5 Å². The number of nitrogens with one attached hydrogen (secondary N) is 1. The molecule has 0 amide bonds. The van der Waals surface area contributed by atoms with E-state index in [1.54, 1.807) is 0 Å². The number of rotatable bonds is 2. The van der Waals surface area contributed by atoms with Crippen LogP contribution in [0.2, 0.25) is 0 Å². The minimum Gasteiger partial charge on any atom is -0.356 e. The van der Waals surface area contributed by atoms with Crippen LogP contribution in [0.15, 0.2) is 6.07 Å². The Kier molecular flexibility index (Phi) is 2.21. The SMILES string of the molecule is CCC1CCCc2[nH]c(C=O)cc21. The van der Waals surface area contributed by atoms with E-state index in [0.29, 0.717) is 5.92 Å². The zero-order chi connectivity index (χ0) is 9.26. The van der Waals surface area contributed by atoms with Crippen molar-refractivity contribution >= 4 is 6.29 Å². The normalized spacial score (nSPS) is 21.2. The van der Waals surface area contributed by atoms with E-state index in [0.717, 1.165) is 18.4 Å². The first-order chi connectivity index (χ1) is 6.35. The summed E-state index contributed by atoms with van der Waals surface area (Å²) in [6.07, 6.45) is 5.73. The lowest BCUT2D eigenvalue weighted by molar-refractivity contribution is 0.111. The van der Waals surface area contributed by atoms with Crippen molar-refractivity contribution in [1.82, 2.24) is 4.98 Å². The molecule has 0 aromatic carbocycles. The number of hydrogen-bond acceptors (Lipinski definition) is 1. The van der Waals surface area contributed by atoms with Gasteiger partial charge in [0.1, 0.15) is 0 Å². The van der Waals surface area contributed by atoms with Crippen LogP contribution in [0.25, 0.3) is 0 Å². The van der Waals surface area contributed by atoms with Gasteiger partial charge < -0.3 is 4.98 Å². The van der Waals surface area contributed by atoms with Gasteiger partial charge in [0, 0.05) is 5.69 Å². The summed E-state index contributed by atoms with van der Waals surface area (Å²) < 4.78 is 0. The Bertz CT molecular complexity index is 314. The fraction of sp³-hybridized carbons (Fsp3) is 0.545. The van der Waals surface area contributed by atoms with E-state index in [-0.39, 0.29) is 0 Å². The van der Waals surface area contributed by atoms with Crippen LogP contribution in [0.3, 0.4) is 0 Å². The van der Waals surface area contributed by atoms with Crippen molar-refractivity contribution in [3.05, 3.63) is 23.0 Å². The largest absolute Gasteiger partial charge is 0.356 e. The molecular weight excluding hydrogens is 162 g/mol. The van der Waals surface area contributed by atoms with E-state index in [1.165, 1.54) is 30.5 Å². The summed E-state index contributed by atoms with van der Waals surface area (Å²) in [5, 5.41) is 0. The summed E-state index contributed by atoms with van der Waals surface area (Å²) >= 11 is 0. The predicted molar refractivity (Wildman–Crippen MR) is 52.2 cm³/mol. The minimum atomic E-state index is 0.675. The van der Waals surface area contributed by atoms with Gasteiger partial charge in [-0.1, -0.05) is 6.92 Å². The molecule has 70 valence electrons. The molecule has 0 aliphatic heterocycles. The highest BCUT2D eigenvalue weighted by Gasteiger charge is 2.20. The van der Waals surface area contributed by atoms with Gasteiger partial charge in [-0.25, -0.2) is 0 Å².